The molecule has 1 aromatic carbocycles. The van der Waals surface area contributed by atoms with E-state index in [1.807, 2.05) is 6.92 Å². The van der Waals surface area contributed by atoms with Gasteiger partial charge in [0.15, 0.2) is 6.29 Å². The van der Waals surface area contributed by atoms with Gasteiger partial charge in [0.2, 0.25) is 0 Å². The third kappa shape index (κ3) is 3.38. The maximum atomic E-state index is 5.73. The summed E-state index contributed by atoms with van der Waals surface area (Å²) in [6, 6.07) is 6.93. The van der Waals surface area contributed by atoms with Gasteiger partial charge in [-0.1, -0.05) is 30.7 Å². The minimum Gasteiger partial charge on any atom is -0.353 e. The van der Waals surface area contributed by atoms with E-state index in [-0.39, 0.29) is 6.29 Å². The zero-order valence-corrected chi connectivity index (χ0v) is 14.5. The van der Waals surface area contributed by atoms with Crippen LogP contribution in [0.4, 0.5) is 0 Å². The van der Waals surface area contributed by atoms with Crippen molar-refractivity contribution in [2.75, 3.05) is 13.2 Å². The first-order valence-corrected chi connectivity index (χ1v) is 8.85. The Hall–Kier alpha value is -0.860. The van der Waals surface area contributed by atoms with Crippen LogP contribution in [-0.4, -0.2) is 19.5 Å². The summed E-state index contributed by atoms with van der Waals surface area (Å²) in [4.78, 5) is 0. The monoisotopic (exact) mass is 302 g/mol. The second kappa shape index (κ2) is 6.72. The molecular formula is C20H30O2. The molecule has 0 bridgehead atoms. The molecule has 1 aromatic rings. The van der Waals surface area contributed by atoms with Crippen molar-refractivity contribution in [2.45, 2.75) is 59.2 Å². The van der Waals surface area contributed by atoms with E-state index >= 15 is 0 Å². The zero-order chi connectivity index (χ0) is 15.7. The molecule has 2 heteroatoms. The number of ether oxygens (including phenoxy) is 2. The van der Waals surface area contributed by atoms with Crippen molar-refractivity contribution in [1.29, 1.82) is 0 Å². The molecule has 1 aliphatic carbocycles. The fourth-order valence-corrected chi connectivity index (χ4v) is 4.26. The van der Waals surface area contributed by atoms with E-state index in [1.54, 1.807) is 5.56 Å². The highest BCUT2D eigenvalue weighted by Crippen LogP contribution is 2.44. The van der Waals surface area contributed by atoms with Gasteiger partial charge in [0.25, 0.3) is 0 Å². The lowest BCUT2D eigenvalue weighted by atomic mass is 9.67. The van der Waals surface area contributed by atoms with Crippen LogP contribution in [0.5, 0.6) is 0 Å². The van der Waals surface area contributed by atoms with E-state index in [0.717, 1.165) is 25.0 Å². The van der Waals surface area contributed by atoms with E-state index < -0.39 is 0 Å². The Labute approximate surface area is 135 Å². The summed E-state index contributed by atoms with van der Waals surface area (Å²) < 4.78 is 11.5. The molecule has 0 radical (unpaired) electrons. The lowest BCUT2D eigenvalue weighted by molar-refractivity contribution is -0.200. The Balaban J connectivity index is 1.75. The molecule has 1 saturated carbocycles. The lowest BCUT2D eigenvalue weighted by Gasteiger charge is -2.41. The van der Waals surface area contributed by atoms with E-state index in [1.165, 1.54) is 30.4 Å². The molecule has 0 amide bonds. The van der Waals surface area contributed by atoms with Crippen LogP contribution in [0.1, 0.15) is 55.7 Å². The van der Waals surface area contributed by atoms with Crippen molar-refractivity contribution < 1.29 is 9.47 Å². The van der Waals surface area contributed by atoms with Gasteiger partial charge in [-0.2, -0.15) is 0 Å². The van der Waals surface area contributed by atoms with Crippen molar-refractivity contribution in [3.8, 4) is 0 Å². The summed E-state index contributed by atoms with van der Waals surface area (Å²) in [7, 11) is 0. The number of hydrogen-bond acceptors (Lipinski definition) is 2. The maximum Gasteiger partial charge on any atom is 0.154 e. The highest BCUT2D eigenvalue weighted by molar-refractivity contribution is 5.34. The van der Waals surface area contributed by atoms with Crippen molar-refractivity contribution in [2.24, 2.45) is 17.8 Å². The number of rotatable bonds is 2. The Kier molecular flexibility index (Phi) is 4.89. The van der Waals surface area contributed by atoms with Crippen LogP contribution < -0.4 is 0 Å². The van der Waals surface area contributed by atoms with E-state index in [2.05, 4.69) is 39.0 Å². The summed E-state index contributed by atoms with van der Waals surface area (Å²) in [5.74, 6) is 2.80. The predicted molar refractivity (Wildman–Crippen MR) is 90.0 cm³/mol. The summed E-state index contributed by atoms with van der Waals surface area (Å²) in [6.45, 7) is 10.6. The second-order valence-electron chi connectivity index (χ2n) is 7.51. The molecule has 1 aliphatic heterocycles. The second-order valence-corrected chi connectivity index (χ2v) is 7.51. The molecular weight excluding hydrogens is 272 g/mol. The van der Waals surface area contributed by atoms with Crippen LogP contribution in [0.2, 0.25) is 0 Å². The molecule has 3 rings (SSSR count). The van der Waals surface area contributed by atoms with Crippen molar-refractivity contribution in [1.82, 2.24) is 0 Å². The zero-order valence-electron chi connectivity index (χ0n) is 14.5. The Morgan fingerprint density at radius 1 is 0.955 bits per heavy atom. The average molecular weight is 302 g/mol. The number of aryl methyl sites for hydroxylation is 2. The molecule has 0 spiro atoms. The SMILES string of the molecule is Cc1ccc(C)c(C2CC(C3COC(C)OC3)CCC2C)c1. The van der Waals surface area contributed by atoms with E-state index in [0.29, 0.717) is 11.8 Å². The topological polar surface area (TPSA) is 18.5 Å². The van der Waals surface area contributed by atoms with Gasteiger partial charge >= 0.3 is 0 Å². The van der Waals surface area contributed by atoms with Crippen LogP contribution >= 0.6 is 0 Å². The molecule has 1 saturated heterocycles. The highest BCUT2D eigenvalue weighted by atomic mass is 16.7. The molecule has 22 heavy (non-hydrogen) atoms. The van der Waals surface area contributed by atoms with Gasteiger partial charge in [0.1, 0.15) is 0 Å². The van der Waals surface area contributed by atoms with Crippen molar-refractivity contribution in [3.05, 3.63) is 34.9 Å². The van der Waals surface area contributed by atoms with Gasteiger partial charge in [0.05, 0.1) is 13.2 Å². The third-order valence-corrected chi connectivity index (χ3v) is 5.83. The molecule has 0 aromatic heterocycles. The Bertz CT molecular complexity index is 502. The van der Waals surface area contributed by atoms with Gasteiger partial charge < -0.3 is 9.47 Å². The van der Waals surface area contributed by atoms with Crippen LogP contribution in [-0.2, 0) is 9.47 Å². The molecule has 1 heterocycles. The van der Waals surface area contributed by atoms with Crippen LogP contribution in [0.25, 0.3) is 0 Å². The molecule has 3 unspecified atom stereocenters. The van der Waals surface area contributed by atoms with Crippen molar-refractivity contribution in [3.63, 3.8) is 0 Å². The fraction of sp³-hybridized carbons (Fsp3) is 0.700. The molecule has 122 valence electrons. The largest absolute Gasteiger partial charge is 0.353 e. The summed E-state index contributed by atoms with van der Waals surface area (Å²) in [5, 5.41) is 0. The summed E-state index contributed by atoms with van der Waals surface area (Å²) in [6.07, 6.45) is 3.92. The molecule has 2 nitrogen and oxygen atoms in total. The van der Waals surface area contributed by atoms with Gasteiger partial charge in [-0.15, -0.1) is 0 Å². The van der Waals surface area contributed by atoms with E-state index in [4.69, 9.17) is 9.47 Å². The molecule has 2 fully saturated rings. The first kappa shape index (κ1) is 16.0. The minimum atomic E-state index is -0.0198. The minimum absolute atomic E-state index is 0.0198. The third-order valence-electron chi connectivity index (χ3n) is 5.83. The Morgan fingerprint density at radius 3 is 2.41 bits per heavy atom. The van der Waals surface area contributed by atoms with Crippen LogP contribution in [0.3, 0.4) is 0 Å². The lowest BCUT2D eigenvalue weighted by Crippen LogP contribution is -2.37. The standard InChI is InChI=1S/C20H30O2/c1-13-5-6-14(2)19(9-13)20-10-17(8-7-15(20)3)18-11-21-16(4)22-12-18/h5-6,9,15-18,20H,7-8,10-12H2,1-4H3. The van der Waals surface area contributed by atoms with E-state index in [9.17, 15) is 0 Å². The Morgan fingerprint density at radius 2 is 1.68 bits per heavy atom. The van der Waals surface area contributed by atoms with Gasteiger partial charge in [-0.3, -0.25) is 0 Å². The molecule has 2 aliphatic rings. The smallest absolute Gasteiger partial charge is 0.154 e. The fourth-order valence-electron chi connectivity index (χ4n) is 4.26. The van der Waals surface area contributed by atoms with Gasteiger partial charge in [-0.25, -0.2) is 0 Å². The maximum absolute atomic E-state index is 5.73. The average Bonchev–Trinajstić information content (AvgIpc) is 2.51. The van der Waals surface area contributed by atoms with Gasteiger partial charge in [0, 0.05) is 5.92 Å². The van der Waals surface area contributed by atoms with Gasteiger partial charge in [-0.05, 0) is 68.9 Å². The molecule has 0 N–H and O–H groups in total. The summed E-state index contributed by atoms with van der Waals surface area (Å²) >= 11 is 0. The highest BCUT2D eigenvalue weighted by Gasteiger charge is 2.35. The number of hydrogen-bond donors (Lipinski definition) is 0. The number of benzene rings is 1. The van der Waals surface area contributed by atoms with Crippen LogP contribution in [0.15, 0.2) is 18.2 Å². The quantitative estimate of drug-likeness (QED) is 0.779. The van der Waals surface area contributed by atoms with Crippen molar-refractivity contribution >= 4 is 0 Å². The summed E-state index contributed by atoms with van der Waals surface area (Å²) in [5.41, 5.74) is 4.41. The first-order chi connectivity index (χ1) is 10.5. The first-order valence-electron chi connectivity index (χ1n) is 8.85. The van der Waals surface area contributed by atoms with Crippen LogP contribution in [0, 0.1) is 31.6 Å². The predicted octanol–water partition coefficient (Wildman–Crippen LogP) is 4.83. The molecule has 3 atom stereocenters. The normalized spacial score (nSPS) is 36.3.